The Bertz CT molecular complexity index is 1030. The number of H-pyrrole nitrogens is 1. The summed E-state index contributed by atoms with van der Waals surface area (Å²) in [4.78, 5) is 7.39. The molecule has 0 amide bonds. The van der Waals surface area contributed by atoms with Crippen LogP contribution in [0.4, 0.5) is 17.6 Å². The summed E-state index contributed by atoms with van der Waals surface area (Å²) in [6.45, 7) is 0.172. The Hall–Kier alpha value is -2.48. The van der Waals surface area contributed by atoms with Crippen molar-refractivity contribution in [3.05, 3.63) is 81.1 Å². The summed E-state index contributed by atoms with van der Waals surface area (Å²) < 4.78 is 57.6. The maximum Gasteiger partial charge on any atom is 0.177 e. The van der Waals surface area contributed by atoms with E-state index in [-0.39, 0.29) is 19.0 Å². The molecule has 1 aliphatic heterocycles. The Labute approximate surface area is 157 Å². The summed E-state index contributed by atoms with van der Waals surface area (Å²) >= 11 is 5.31. The second kappa shape index (κ2) is 6.92. The van der Waals surface area contributed by atoms with E-state index in [2.05, 4.69) is 9.97 Å². The monoisotopic (exact) mass is 393 g/mol. The summed E-state index contributed by atoms with van der Waals surface area (Å²) in [7, 11) is 0. The van der Waals surface area contributed by atoms with E-state index in [1.165, 1.54) is 0 Å². The minimum atomic E-state index is -1.39. The molecule has 140 valence electrons. The van der Waals surface area contributed by atoms with Crippen molar-refractivity contribution >= 4 is 12.2 Å². The predicted molar refractivity (Wildman–Crippen MR) is 94.0 cm³/mol. The van der Waals surface area contributed by atoms with Crippen molar-refractivity contribution in [2.75, 3.05) is 0 Å². The third-order valence-electron chi connectivity index (χ3n) is 4.93. The molecule has 0 bridgehead atoms. The average molecular weight is 393 g/mol. The number of aryl methyl sites for hydroxylation is 2. The molecule has 1 aromatic carbocycles. The highest BCUT2D eigenvalue weighted by atomic mass is 32.1. The predicted octanol–water partition coefficient (Wildman–Crippen LogP) is 4.62. The molecule has 0 fully saturated rings. The topological polar surface area (TPSA) is 33.6 Å². The van der Waals surface area contributed by atoms with Crippen molar-refractivity contribution in [2.24, 2.45) is 0 Å². The maximum atomic E-state index is 14.2. The first-order valence-corrected chi connectivity index (χ1v) is 8.90. The molecular weight excluding hydrogens is 378 g/mol. The molecule has 0 saturated carbocycles. The van der Waals surface area contributed by atoms with E-state index in [4.69, 9.17) is 12.2 Å². The molecule has 3 heterocycles. The standard InChI is InChI=1S/C19H15F4N3S/c20-12-8-13(21)18(23)16(17(12)22)10-7-15-14(25-19(27)26(15)9-10)5-4-11-3-1-2-6-24-11/h1-3,6,8,10H,4-5,7,9H2,(H,25,27)/t10-/m0/s1. The van der Waals surface area contributed by atoms with Crippen molar-refractivity contribution < 1.29 is 17.6 Å². The minimum Gasteiger partial charge on any atom is -0.334 e. The largest absolute Gasteiger partial charge is 0.334 e. The lowest BCUT2D eigenvalue weighted by molar-refractivity contribution is 0.423. The van der Waals surface area contributed by atoms with Crippen LogP contribution in [0.1, 0.15) is 28.6 Å². The van der Waals surface area contributed by atoms with Crippen molar-refractivity contribution in [3.8, 4) is 0 Å². The number of aromatic amines is 1. The second-order valence-electron chi connectivity index (χ2n) is 6.57. The molecule has 27 heavy (non-hydrogen) atoms. The molecular formula is C19H15F4N3S. The van der Waals surface area contributed by atoms with Gasteiger partial charge in [-0.1, -0.05) is 6.07 Å². The van der Waals surface area contributed by atoms with Gasteiger partial charge in [-0.3, -0.25) is 4.98 Å². The normalized spacial score (nSPS) is 15.9. The smallest absolute Gasteiger partial charge is 0.177 e. The number of rotatable bonds is 4. The lowest BCUT2D eigenvalue weighted by Crippen LogP contribution is -2.10. The maximum absolute atomic E-state index is 14.2. The quantitative estimate of drug-likeness (QED) is 0.399. The third kappa shape index (κ3) is 3.18. The molecule has 0 unspecified atom stereocenters. The van der Waals surface area contributed by atoms with Crippen LogP contribution in [0.15, 0.2) is 30.5 Å². The number of benzene rings is 1. The fourth-order valence-corrected chi connectivity index (χ4v) is 3.96. The van der Waals surface area contributed by atoms with Crippen LogP contribution in [0, 0.1) is 28.0 Å². The first kappa shape index (κ1) is 17.9. The van der Waals surface area contributed by atoms with Crippen LogP contribution in [0.3, 0.4) is 0 Å². The van der Waals surface area contributed by atoms with Gasteiger partial charge in [-0.05, 0) is 43.6 Å². The molecule has 4 rings (SSSR count). The van der Waals surface area contributed by atoms with E-state index in [0.29, 0.717) is 17.6 Å². The van der Waals surface area contributed by atoms with Crippen molar-refractivity contribution in [1.29, 1.82) is 0 Å². The molecule has 0 aliphatic carbocycles. The molecule has 3 aromatic rings. The molecule has 1 atom stereocenters. The van der Waals surface area contributed by atoms with Gasteiger partial charge < -0.3 is 9.55 Å². The van der Waals surface area contributed by atoms with Gasteiger partial charge in [-0.15, -0.1) is 0 Å². The number of hydrogen-bond donors (Lipinski definition) is 1. The number of nitrogens with zero attached hydrogens (tertiary/aromatic N) is 2. The van der Waals surface area contributed by atoms with Crippen LogP contribution in [0.5, 0.6) is 0 Å². The highest BCUT2D eigenvalue weighted by Crippen LogP contribution is 2.36. The first-order chi connectivity index (χ1) is 13.0. The van der Waals surface area contributed by atoms with Crippen LogP contribution in [0.25, 0.3) is 0 Å². The van der Waals surface area contributed by atoms with Gasteiger partial charge in [-0.2, -0.15) is 0 Å². The van der Waals surface area contributed by atoms with Gasteiger partial charge in [0.25, 0.3) is 0 Å². The molecule has 0 saturated heterocycles. The number of halogens is 4. The van der Waals surface area contributed by atoms with E-state index >= 15 is 0 Å². The number of nitrogens with one attached hydrogen (secondary N) is 1. The average Bonchev–Trinajstić information content (AvgIpc) is 3.20. The summed E-state index contributed by atoms with van der Waals surface area (Å²) in [5, 5.41) is 0. The molecule has 1 N–H and O–H groups in total. The van der Waals surface area contributed by atoms with Gasteiger partial charge in [0.1, 0.15) is 0 Å². The lowest BCUT2D eigenvalue weighted by Gasteiger charge is -2.13. The van der Waals surface area contributed by atoms with Crippen molar-refractivity contribution in [3.63, 3.8) is 0 Å². The van der Waals surface area contributed by atoms with E-state index < -0.39 is 34.8 Å². The number of imidazole rings is 1. The Morgan fingerprint density at radius 3 is 2.52 bits per heavy atom. The molecule has 0 radical (unpaired) electrons. The Morgan fingerprint density at radius 2 is 1.85 bits per heavy atom. The van der Waals surface area contributed by atoms with Crippen molar-refractivity contribution in [1.82, 2.24) is 14.5 Å². The molecule has 8 heteroatoms. The molecule has 1 aliphatic rings. The van der Waals surface area contributed by atoms with Gasteiger partial charge in [0.2, 0.25) is 0 Å². The summed E-state index contributed by atoms with van der Waals surface area (Å²) in [5.41, 5.74) is 2.02. The number of fused-ring (bicyclic) bond motifs is 1. The van der Waals surface area contributed by atoms with Gasteiger partial charge >= 0.3 is 0 Å². The third-order valence-corrected chi connectivity index (χ3v) is 5.25. The number of aromatic nitrogens is 3. The summed E-state index contributed by atoms with van der Waals surface area (Å²) in [5.74, 6) is -6.17. The summed E-state index contributed by atoms with van der Waals surface area (Å²) in [6.07, 6.45) is 3.26. The Morgan fingerprint density at radius 1 is 1.11 bits per heavy atom. The van der Waals surface area contributed by atoms with E-state index in [1.54, 1.807) is 10.8 Å². The van der Waals surface area contributed by atoms with Gasteiger partial charge in [-0.25, -0.2) is 17.6 Å². The molecule has 0 spiro atoms. The van der Waals surface area contributed by atoms with Gasteiger partial charge in [0, 0.05) is 47.4 Å². The van der Waals surface area contributed by atoms with Crippen LogP contribution in [0.2, 0.25) is 0 Å². The van der Waals surface area contributed by atoms with Crippen LogP contribution in [-0.2, 0) is 25.8 Å². The summed E-state index contributed by atoms with van der Waals surface area (Å²) in [6, 6.07) is 5.87. The van der Waals surface area contributed by atoms with E-state index in [1.807, 2.05) is 18.2 Å². The fourth-order valence-electron chi connectivity index (χ4n) is 3.65. The van der Waals surface area contributed by atoms with Gasteiger partial charge in [0.05, 0.1) is 0 Å². The highest BCUT2D eigenvalue weighted by molar-refractivity contribution is 7.71. The van der Waals surface area contributed by atoms with Crippen LogP contribution >= 0.6 is 12.2 Å². The Balaban J connectivity index is 1.62. The van der Waals surface area contributed by atoms with E-state index in [9.17, 15) is 17.6 Å². The zero-order chi connectivity index (χ0) is 19.1. The highest BCUT2D eigenvalue weighted by Gasteiger charge is 2.33. The van der Waals surface area contributed by atoms with Gasteiger partial charge in [0.15, 0.2) is 28.0 Å². The number of pyridine rings is 1. The number of hydrogen-bond acceptors (Lipinski definition) is 2. The minimum absolute atomic E-state index is 0.172. The first-order valence-electron chi connectivity index (χ1n) is 8.49. The van der Waals surface area contributed by atoms with E-state index in [0.717, 1.165) is 17.1 Å². The second-order valence-corrected chi connectivity index (χ2v) is 6.96. The SMILES string of the molecule is Fc1cc(F)c(F)c([C@H]2Cc3c(CCc4ccccn4)[nH]c(=S)n3C2)c1F. The molecule has 2 aromatic heterocycles. The zero-order valence-electron chi connectivity index (χ0n) is 14.1. The zero-order valence-corrected chi connectivity index (χ0v) is 14.9. The Kier molecular flexibility index (Phi) is 4.59. The lowest BCUT2D eigenvalue weighted by atomic mass is 9.94. The molecule has 3 nitrogen and oxygen atoms in total. The fraction of sp³-hybridized carbons (Fsp3) is 0.263. The van der Waals surface area contributed by atoms with Crippen molar-refractivity contribution in [2.45, 2.75) is 31.7 Å². The van der Waals surface area contributed by atoms with Crippen LogP contribution in [-0.4, -0.2) is 14.5 Å². The van der Waals surface area contributed by atoms with Crippen LogP contribution < -0.4 is 0 Å².